The minimum absolute atomic E-state index is 0.124. The summed E-state index contributed by atoms with van der Waals surface area (Å²) < 4.78 is 13.4. The Bertz CT molecular complexity index is 450. The highest BCUT2D eigenvalue weighted by Crippen LogP contribution is 2.47. The molecule has 0 amide bonds. The molecular weight excluding hydrogens is 211 g/mol. The maximum atomic E-state index is 13.4. The van der Waals surface area contributed by atoms with Gasteiger partial charge >= 0.3 is 5.97 Å². The molecule has 0 aliphatic heterocycles. The van der Waals surface area contributed by atoms with Crippen molar-refractivity contribution in [1.29, 1.82) is 0 Å². The summed E-state index contributed by atoms with van der Waals surface area (Å²) in [5.41, 5.74) is -0.561. The number of halogens is 1. The number of carboxylic acids is 1. The molecule has 1 aliphatic carbocycles. The number of carbonyl (C=O) groups is 1. The van der Waals surface area contributed by atoms with E-state index in [1.54, 1.807) is 0 Å². The van der Waals surface area contributed by atoms with E-state index in [0.29, 0.717) is 18.4 Å². The number of aliphatic carboxylic acids is 1. The van der Waals surface area contributed by atoms with Gasteiger partial charge in [0.25, 0.3) is 0 Å². The summed E-state index contributed by atoms with van der Waals surface area (Å²) in [6.45, 7) is 1.53. The average molecular weight is 224 g/mol. The standard InChI is InChI=1S/C12H13FO3/c1-7-5-10(14)8(6-9(7)13)12(11(15)16)3-2-4-12/h5-6,14H,2-4H2,1H3,(H,15,16). The Labute approximate surface area is 92.5 Å². The topological polar surface area (TPSA) is 57.5 Å². The first-order valence-corrected chi connectivity index (χ1v) is 5.20. The van der Waals surface area contributed by atoms with Crippen LogP contribution in [0, 0.1) is 12.7 Å². The van der Waals surface area contributed by atoms with Crippen molar-refractivity contribution in [2.24, 2.45) is 0 Å². The smallest absolute Gasteiger partial charge is 0.314 e. The van der Waals surface area contributed by atoms with E-state index in [-0.39, 0.29) is 11.3 Å². The number of rotatable bonds is 2. The van der Waals surface area contributed by atoms with Crippen LogP contribution in [0.2, 0.25) is 0 Å². The van der Waals surface area contributed by atoms with Gasteiger partial charge in [-0.25, -0.2) is 4.39 Å². The van der Waals surface area contributed by atoms with Crippen LogP contribution in [0.15, 0.2) is 12.1 Å². The van der Waals surface area contributed by atoms with Crippen LogP contribution in [-0.2, 0) is 10.2 Å². The molecule has 0 spiro atoms. The number of carboxylic acid groups (broad SMARTS) is 1. The van der Waals surface area contributed by atoms with Crippen LogP contribution >= 0.6 is 0 Å². The summed E-state index contributed by atoms with van der Waals surface area (Å²) in [7, 11) is 0. The highest BCUT2D eigenvalue weighted by molar-refractivity contribution is 5.83. The minimum Gasteiger partial charge on any atom is -0.508 e. The van der Waals surface area contributed by atoms with Gasteiger partial charge in [0.2, 0.25) is 0 Å². The zero-order valence-electron chi connectivity index (χ0n) is 8.96. The summed E-state index contributed by atoms with van der Waals surface area (Å²) in [5, 5.41) is 18.9. The van der Waals surface area contributed by atoms with Crippen molar-refractivity contribution in [3.63, 3.8) is 0 Å². The lowest BCUT2D eigenvalue weighted by atomic mass is 9.64. The van der Waals surface area contributed by atoms with Crippen LogP contribution < -0.4 is 0 Å². The van der Waals surface area contributed by atoms with Crippen molar-refractivity contribution in [3.05, 3.63) is 29.1 Å². The fraction of sp³-hybridized carbons (Fsp3) is 0.417. The molecule has 0 saturated heterocycles. The third kappa shape index (κ3) is 1.37. The van der Waals surface area contributed by atoms with Crippen molar-refractivity contribution >= 4 is 5.97 Å². The lowest BCUT2D eigenvalue weighted by Gasteiger charge is -2.38. The van der Waals surface area contributed by atoms with Gasteiger partial charge < -0.3 is 10.2 Å². The normalized spacial score (nSPS) is 17.9. The Morgan fingerprint density at radius 2 is 2.06 bits per heavy atom. The number of aryl methyl sites for hydroxylation is 1. The second kappa shape index (κ2) is 3.47. The molecule has 0 heterocycles. The Balaban J connectivity index is 2.55. The van der Waals surface area contributed by atoms with Crippen molar-refractivity contribution < 1.29 is 19.4 Å². The Hall–Kier alpha value is -1.58. The van der Waals surface area contributed by atoms with Crippen LogP contribution in [0.5, 0.6) is 5.75 Å². The van der Waals surface area contributed by atoms with Crippen molar-refractivity contribution in [1.82, 2.24) is 0 Å². The van der Waals surface area contributed by atoms with Gasteiger partial charge in [-0.05, 0) is 37.5 Å². The van der Waals surface area contributed by atoms with E-state index in [0.717, 1.165) is 12.5 Å². The average Bonchev–Trinajstić information content (AvgIpc) is 2.11. The molecule has 1 fully saturated rings. The predicted octanol–water partition coefficient (Wildman–Crippen LogP) is 2.35. The number of hydrogen-bond donors (Lipinski definition) is 2. The molecule has 0 atom stereocenters. The number of aromatic hydroxyl groups is 1. The SMILES string of the molecule is Cc1cc(O)c(C2(C(=O)O)CCC2)cc1F. The van der Waals surface area contributed by atoms with E-state index in [2.05, 4.69) is 0 Å². The summed E-state index contributed by atoms with van der Waals surface area (Å²) in [4.78, 5) is 11.2. The number of benzene rings is 1. The van der Waals surface area contributed by atoms with Gasteiger partial charge in [0.05, 0.1) is 5.41 Å². The van der Waals surface area contributed by atoms with Crippen molar-refractivity contribution in [2.45, 2.75) is 31.6 Å². The maximum absolute atomic E-state index is 13.4. The monoisotopic (exact) mass is 224 g/mol. The lowest BCUT2D eigenvalue weighted by Crippen LogP contribution is -2.42. The maximum Gasteiger partial charge on any atom is 0.314 e. The second-order valence-electron chi connectivity index (χ2n) is 4.36. The van der Waals surface area contributed by atoms with Crippen LogP contribution in [0.3, 0.4) is 0 Å². The summed E-state index contributed by atoms with van der Waals surface area (Å²) >= 11 is 0. The zero-order valence-corrected chi connectivity index (χ0v) is 8.96. The Morgan fingerprint density at radius 1 is 1.44 bits per heavy atom. The van der Waals surface area contributed by atoms with E-state index < -0.39 is 17.2 Å². The van der Waals surface area contributed by atoms with Gasteiger partial charge in [-0.2, -0.15) is 0 Å². The Morgan fingerprint density at radius 3 is 2.50 bits per heavy atom. The summed E-state index contributed by atoms with van der Waals surface area (Å²) in [6, 6.07) is 2.44. The molecule has 3 nitrogen and oxygen atoms in total. The largest absolute Gasteiger partial charge is 0.508 e. The third-order valence-corrected chi connectivity index (χ3v) is 3.41. The zero-order chi connectivity index (χ0) is 11.9. The van der Waals surface area contributed by atoms with Gasteiger partial charge in [0.1, 0.15) is 11.6 Å². The van der Waals surface area contributed by atoms with E-state index >= 15 is 0 Å². The summed E-state index contributed by atoms with van der Waals surface area (Å²) in [6.07, 6.45) is 1.71. The number of hydrogen-bond acceptors (Lipinski definition) is 2. The van der Waals surface area contributed by atoms with E-state index in [1.165, 1.54) is 13.0 Å². The van der Waals surface area contributed by atoms with Gasteiger partial charge in [-0.1, -0.05) is 6.42 Å². The molecule has 1 saturated carbocycles. The molecule has 0 bridgehead atoms. The van der Waals surface area contributed by atoms with Gasteiger partial charge in [-0.15, -0.1) is 0 Å². The number of phenols is 1. The molecule has 2 N–H and O–H groups in total. The summed E-state index contributed by atoms with van der Waals surface area (Å²) in [5.74, 6) is -1.58. The molecule has 16 heavy (non-hydrogen) atoms. The first kappa shape index (κ1) is 10.9. The molecule has 0 radical (unpaired) electrons. The van der Waals surface area contributed by atoms with E-state index in [9.17, 15) is 19.4 Å². The quantitative estimate of drug-likeness (QED) is 0.810. The van der Waals surface area contributed by atoms with Gasteiger partial charge in [-0.3, -0.25) is 4.79 Å². The van der Waals surface area contributed by atoms with Crippen LogP contribution in [0.1, 0.15) is 30.4 Å². The molecule has 4 heteroatoms. The fourth-order valence-electron chi connectivity index (χ4n) is 2.18. The molecule has 0 unspecified atom stereocenters. The van der Waals surface area contributed by atoms with Crippen molar-refractivity contribution in [3.8, 4) is 5.75 Å². The van der Waals surface area contributed by atoms with E-state index in [1.807, 2.05) is 0 Å². The Kier molecular flexibility index (Phi) is 2.37. The number of phenolic OH excluding ortho intramolecular Hbond substituents is 1. The second-order valence-corrected chi connectivity index (χ2v) is 4.36. The predicted molar refractivity (Wildman–Crippen MR) is 56.0 cm³/mol. The lowest BCUT2D eigenvalue weighted by molar-refractivity contribution is -0.147. The third-order valence-electron chi connectivity index (χ3n) is 3.41. The molecule has 86 valence electrons. The van der Waals surface area contributed by atoms with Gasteiger partial charge in [0.15, 0.2) is 0 Å². The molecular formula is C12H13FO3. The highest BCUT2D eigenvalue weighted by atomic mass is 19.1. The van der Waals surface area contributed by atoms with Crippen LogP contribution in [0.4, 0.5) is 4.39 Å². The van der Waals surface area contributed by atoms with Crippen molar-refractivity contribution in [2.75, 3.05) is 0 Å². The van der Waals surface area contributed by atoms with E-state index in [4.69, 9.17) is 0 Å². The van der Waals surface area contributed by atoms with Crippen LogP contribution in [0.25, 0.3) is 0 Å². The highest BCUT2D eigenvalue weighted by Gasteiger charge is 2.47. The fourth-order valence-corrected chi connectivity index (χ4v) is 2.18. The molecule has 0 aromatic heterocycles. The first-order chi connectivity index (χ1) is 7.47. The van der Waals surface area contributed by atoms with Crippen LogP contribution in [-0.4, -0.2) is 16.2 Å². The minimum atomic E-state index is -1.08. The molecule has 1 aliphatic rings. The molecule has 1 aromatic carbocycles. The first-order valence-electron chi connectivity index (χ1n) is 5.20. The molecule has 2 rings (SSSR count). The molecule has 1 aromatic rings. The van der Waals surface area contributed by atoms with Gasteiger partial charge in [0, 0.05) is 5.56 Å².